The van der Waals surface area contributed by atoms with Gasteiger partial charge in [0.05, 0.1) is 0 Å². The fourth-order valence-electron chi connectivity index (χ4n) is 0.531. The van der Waals surface area contributed by atoms with Gasteiger partial charge in [0, 0.05) is 6.42 Å². The summed E-state index contributed by atoms with van der Waals surface area (Å²) in [4.78, 5) is 10.6. The molecule has 0 amide bonds. The van der Waals surface area contributed by atoms with Crippen molar-refractivity contribution in [2.45, 2.75) is 26.2 Å². The monoisotopic (exact) mass is 195 g/mol. The largest absolute Gasteiger partial charge is 0.745 e. The van der Waals surface area contributed by atoms with Crippen molar-refractivity contribution in [2.75, 3.05) is 5.94 Å². The molecule has 0 saturated carbocycles. The lowest BCUT2D eigenvalue weighted by molar-refractivity contribution is -0.141. The van der Waals surface area contributed by atoms with Crippen molar-refractivity contribution in [1.82, 2.24) is 0 Å². The molecule has 0 aromatic rings. The number of hydrogen-bond acceptors (Lipinski definition) is 5. The zero-order valence-electron chi connectivity index (χ0n) is 6.78. The van der Waals surface area contributed by atoms with E-state index < -0.39 is 22.0 Å². The molecular weight excluding hydrogens is 184 g/mol. The Balaban J connectivity index is 3.58. The minimum atomic E-state index is -4.44. The Morgan fingerprint density at radius 1 is 1.50 bits per heavy atom. The van der Waals surface area contributed by atoms with Crippen LogP contribution in [0.3, 0.4) is 0 Å². The standard InChI is InChI=1S/C6H12O5S/c1-2-3-4-6(7)11-5-12(8,9)10/h2-5H2,1H3,(H,8,9,10)/p-1. The zero-order valence-corrected chi connectivity index (χ0v) is 7.59. The van der Waals surface area contributed by atoms with Crippen LogP contribution in [0.25, 0.3) is 0 Å². The molecule has 0 heterocycles. The van der Waals surface area contributed by atoms with E-state index in [4.69, 9.17) is 0 Å². The summed E-state index contributed by atoms with van der Waals surface area (Å²) in [7, 11) is -4.44. The second kappa shape index (κ2) is 5.10. The van der Waals surface area contributed by atoms with Gasteiger partial charge in [-0.1, -0.05) is 13.3 Å². The lowest BCUT2D eigenvalue weighted by Gasteiger charge is -2.07. The highest BCUT2D eigenvalue weighted by Crippen LogP contribution is 1.97. The summed E-state index contributed by atoms with van der Waals surface area (Å²) < 4.78 is 34.1. The van der Waals surface area contributed by atoms with Gasteiger partial charge in [0.2, 0.25) is 0 Å². The topological polar surface area (TPSA) is 83.5 Å². The number of esters is 1. The van der Waals surface area contributed by atoms with Crippen molar-refractivity contribution in [3.8, 4) is 0 Å². The zero-order chi connectivity index (χ0) is 9.61. The number of unbranched alkanes of at least 4 members (excludes halogenated alkanes) is 1. The Morgan fingerprint density at radius 3 is 2.50 bits per heavy atom. The van der Waals surface area contributed by atoms with E-state index in [9.17, 15) is 17.8 Å². The first-order valence-electron chi connectivity index (χ1n) is 3.55. The molecule has 12 heavy (non-hydrogen) atoms. The number of ether oxygens (including phenoxy) is 1. The Kier molecular flexibility index (Phi) is 4.84. The molecule has 0 aliphatic heterocycles. The molecule has 0 fully saturated rings. The van der Waals surface area contributed by atoms with Crippen LogP contribution in [0.2, 0.25) is 0 Å². The van der Waals surface area contributed by atoms with Gasteiger partial charge in [0.1, 0.15) is 10.1 Å². The van der Waals surface area contributed by atoms with Crippen LogP contribution in [0.1, 0.15) is 26.2 Å². The fourth-order valence-corrected chi connectivity index (χ4v) is 0.807. The molecule has 5 nitrogen and oxygen atoms in total. The van der Waals surface area contributed by atoms with Gasteiger partial charge >= 0.3 is 5.97 Å². The molecule has 0 aromatic carbocycles. The average Bonchev–Trinajstić information content (AvgIpc) is 1.95. The molecule has 0 aromatic heterocycles. The Labute approximate surface area is 71.5 Å². The summed E-state index contributed by atoms with van der Waals surface area (Å²) in [5, 5.41) is 0. The first-order valence-corrected chi connectivity index (χ1v) is 5.12. The average molecular weight is 195 g/mol. The molecule has 0 spiro atoms. The summed E-state index contributed by atoms with van der Waals surface area (Å²) in [6.45, 7) is 1.89. The number of hydrogen-bond donors (Lipinski definition) is 0. The van der Waals surface area contributed by atoms with Crippen LogP contribution in [0, 0.1) is 0 Å². The molecule has 0 N–H and O–H groups in total. The Morgan fingerprint density at radius 2 is 2.08 bits per heavy atom. The second-order valence-corrected chi connectivity index (χ2v) is 3.65. The van der Waals surface area contributed by atoms with E-state index in [-0.39, 0.29) is 6.42 Å². The smallest absolute Gasteiger partial charge is 0.306 e. The molecule has 0 atom stereocenters. The summed E-state index contributed by atoms with van der Waals surface area (Å²) in [6.07, 6.45) is 1.61. The molecule has 0 aliphatic carbocycles. The van der Waals surface area contributed by atoms with Gasteiger partial charge in [0.15, 0.2) is 5.94 Å². The third-order valence-corrected chi connectivity index (χ3v) is 1.51. The Hall–Kier alpha value is -0.620. The van der Waals surface area contributed by atoms with E-state index in [1.165, 1.54) is 0 Å². The van der Waals surface area contributed by atoms with Crippen LogP contribution in [-0.4, -0.2) is 24.9 Å². The molecule has 0 saturated heterocycles. The molecule has 72 valence electrons. The summed E-state index contributed by atoms with van der Waals surface area (Å²) in [6, 6.07) is 0. The minimum Gasteiger partial charge on any atom is -0.745 e. The lowest BCUT2D eigenvalue weighted by atomic mass is 10.3. The van der Waals surface area contributed by atoms with Crippen LogP contribution in [0.15, 0.2) is 0 Å². The molecule has 0 aliphatic rings. The van der Waals surface area contributed by atoms with E-state index in [0.717, 1.165) is 6.42 Å². The van der Waals surface area contributed by atoms with E-state index >= 15 is 0 Å². The van der Waals surface area contributed by atoms with Crippen LogP contribution >= 0.6 is 0 Å². The predicted molar refractivity (Wildman–Crippen MR) is 40.2 cm³/mol. The highest BCUT2D eigenvalue weighted by molar-refractivity contribution is 7.85. The number of carbonyl (C=O) groups excluding carboxylic acids is 1. The van der Waals surface area contributed by atoms with E-state index in [0.29, 0.717) is 6.42 Å². The molecule has 0 radical (unpaired) electrons. The first-order chi connectivity index (χ1) is 5.45. The van der Waals surface area contributed by atoms with Crippen molar-refractivity contribution >= 4 is 16.1 Å². The summed E-state index contributed by atoms with van der Waals surface area (Å²) in [5.74, 6) is -1.70. The molecule has 6 heteroatoms. The maximum Gasteiger partial charge on any atom is 0.306 e. The summed E-state index contributed by atoms with van der Waals surface area (Å²) >= 11 is 0. The van der Waals surface area contributed by atoms with E-state index in [1.54, 1.807) is 0 Å². The van der Waals surface area contributed by atoms with Gasteiger partial charge in [-0.15, -0.1) is 0 Å². The van der Waals surface area contributed by atoms with Crippen molar-refractivity contribution in [1.29, 1.82) is 0 Å². The van der Waals surface area contributed by atoms with Gasteiger partial charge in [-0.3, -0.25) is 4.79 Å². The van der Waals surface area contributed by atoms with Gasteiger partial charge in [-0.25, -0.2) is 8.42 Å². The third kappa shape index (κ3) is 7.49. The molecule has 0 unspecified atom stereocenters. The van der Waals surface area contributed by atoms with Crippen molar-refractivity contribution in [3.05, 3.63) is 0 Å². The lowest BCUT2D eigenvalue weighted by Crippen LogP contribution is -2.13. The highest BCUT2D eigenvalue weighted by atomic mass is 32.2. The van der Waals surface area contributed by atoms with Crippen LogP contribution in [-0.2, 0) is 19.6 Å². The molecular formula is C6H11O5S-. The third-order valence-electron chi connectivity index (χ3n) is 1.10. The summed E-state index contributed by atoms with van der Waals surface area (Å²) in [5.41, 5.74) is 0. The van der Waals surface area contributed by atoms with E-state index in [2.05, 4.69) is 4.74 Å². The van der Waals surface area contributed by atoms with Crippen molar-refractivity contribution < 1.29 is 22.5 Å². The van der Waals surface area contributed by atoms with Gasteiger partial charge in [-0.2, -0.15) is 0 Å². The van der Waals surface area contributed by atoms with E-state index in [1.807, 2.05) is 6.92 Å². The first kappa shape index (κ1) is 11.4. The maximum absolute atomic E-state index is 10.6. The Bertz CT molecular complexity index is 230. The molecule has 0 rings (SSSR count). The van der Waals surface area contributed by atoms with Gasteiger partial charge in [0.25, 0.3) is 0 Å². The maximum atomic E-state index is 10.6. The second-order valence-electron chi connectivity index (χ2n) is 2.30. The van der Waals surface area contributed by atoms with Crippen LogP contribution < -0.4 is 0 Å². The number of rotatable bonds is 5. The minimum absolute atomic E-state index is 0.159. The fraction of sp³-hybridized carbons (Fsp3) is 0.833. The SMILES string of the molecule is CCCCC(=O)OCS(=O)(=O)[O-]. The predicted octanol–water partition coefficient (Wildman–Crippen LogP) is 0.222. The van der Waals surface area contributed by atoms with Crippen molar-refractivity contribution in [2.24, 2.45) is 0 Å². The quantitative estimate of drug-likeness (QED) is 0.463. The number of carbonyl (C=O) groups is 1. The highest BCUT2D eigenvalue weighted by Gasteiger charge is 2.03. The van der Waals surface area contributed by atoms with Crippen LogP contribution in [0.4, 0.5) is 0 Å². The van der Waals surface area contributed by atoms with Gasteiger partial charge < -0.3 is 9.29 Å². The van der Waals surface area contributed by atoms with Crippen molar-refractivity contribution in [3.63, 3.8) is 0 Å². The van der Waals surface area contributed by atoms with Crippen LogP contribution in [0.5, 0.6) is 0 Å². The van der Waals surface area contributed by atoms with Gasteiger partial charge in [-0.05, 0) is 6.42 Å². The molecule has 0 bridgehead atoms. The normalized spacial score (nSPS) is 11.2.